The van der Waals surface area contributed by atoms with Gasteiger partial charge in [-0.15, -0.1) is 11.3 Å². The number of esters is 1. The summed E-state index contributed by atoms with van der Waals surface area (Å²) >= 11 is 1.35. The number of nitrogens with zero attached hydrogens (tertiary/aromatic N) is 2. The quantitative estimate of drug-likeness (QED) is 0.812. The number of anilines is 1. The van der Waals surface area contributed by atoms with Gasteiger partial charge in [0.05, 0.1) is 18.7 Å². The summed E-state index contributed by atoms with van der Waals surface area (Å²) in [6.07, 6.45) is 0.584. The summed E-state index contributed by atoms with van der Waals surface area (Å²) in [5.41, 5.74) is 1.32. The van der Waals surface area contributed by atoms with Gasteiger partial charge in [0.25, 0.3) is 0 Å². The Kier molecular flexibility index (Phi) is 6.41. The van der Waals surface area contributed by atoms with Crippen LogP contribution in [-0.4, -0.2) is 53.9 Å². The fourth-order valence-corrected chi connectivity index (χ4v) is 4.11. The summed E-state index contributed by atoms with van der Waals surface area (Å²) in [5.74, 6) is -0.420. The van der Waals surface area contributed by atoms with Crippen LogP contribution < -0.4 is 5.32 Å². The maximum Gasteiger partial charge on any atom is 0.341 e. The molecule has 2 rings (SSSR count). The molecular formula is C17H25N3O4S. The van der Waals surface area contributed by atoms with Gasteiger partial charge in [0.1, 0.15) is 5.00 Å². The van der Waals surface area contributed by atoms with Crippen molar-refractivity contribution in [3.05, 3.63) is 16.0 Å². The van der Waals surface area contributed by atoms with Gasteiger partial charge in [-0.25, -0.2) is 9.59 Å². The number of fused-ring (bicyclic) bond motifs is 1. The normalized spacial score (nSPS) is 13.2. The van der Waals surface area contributed by atoms with E-state index in [4.69, 9.17) is 4.74 Å². The number of ether oxygens (including phenoxy) is 1. The molecule has 1 aromatic rings. The summed E-state index contributed by atoms with van der Waals surface area (Å²) in [4.78, 5) is 40.8. The molecule has 7 nitrogen and oxygen atoms in total. The number of amides is 3. The lowest BCUT2D eigenvalue weighted by Gasteiger charge is -2.25. The highest BCUT2D eigenvalue weighted by Gasteiger charge is 2.30. The van der Waals surface area contributed by atoms with Gasteiger partial charge < -0.3 is 14.5 Å². The summed E-state index contributed by atoms with van der Waals surface area (Å²) in [6, 6.07) is -0.238. The van der Waals surface area contributed by atoms with Crippen LogP contribution in [0.1, 0.15) is 48.5 Å². The molecule has 0 atom stereocenters. The smallest absolute Gasteiger partial charge is 0.341 e. The number of carbonyl (C=O) groups is 3. The summed E-state index contributed by atoms with van der Waals surface area (Å²) < 4.78 is 5.18. The molecule has 0 unspecified atom stereocenters. The third-order valence-electron chi connectivity index (χ3n) is 4.25. The summed E-state index contributed by atoms with van der Waals surface area (Å²) in [7, 11) is 0. The van der Waals surface area contributed by atoms with E-state index in [9.17, 15) is 14.4 Å². The molecule has 0 aliphatic carbocycles. The third kappa shape index (κ3) is 4.12. The van der Waals surface area contributed by atoms with Crippen molar-refractivity contribution in [3.8, 4) is 0 Å². The third-order valence-corrected chi connectivity index (χ3v) is 5.39. The molecule has 3 amide bonds. The number of hydrogen-bond donors (Lipinski definition) is 1. The van der Waals surface area contributed by atoms with Gasteiger partial charge in [-0.3, -0.25) is 10.1 Å². The molecule has 0 radical (unpaired) electrons. The van der Waals surface area contributed by atoms with E-state index in [-0.39, 0.29) is 18.5 Å². The van der Waals surface area contributed by atoms with E-state index >= 15 is 0 Å². The standard InChI is InChI=1S/C17H25N3O4S/c1-5-19(6-2)17(23)18-15-14(16(22)24-7-3)12-8-9-20(11(4)21)10-13(12)25-15/h5-10H2,1-4H3,(H,18,23). The molecule has 0 saturated heterocycles. The number of hydrogen-bond acceptors (Lipinski definition) is 5. The number of rotatable bonds is 5. The van der Waals surface area contributed by atoms with E-state index in [0.29, 0.717) is 43.2 Å². The van der Waals surface area contributed by atoms with Crippen LogP contribution >= 0.6 is 11.3 Å². The van der Waals surface area contributed by atoms with Gasteiger partial charge in [-0.2, -0.15) is 0 Å². The van der Waals surface area contributed by atoms with E-state index in [1.54, 1.807) is 16.7 Å². The van der Waals surface area contributed by atoms with Gasteiger partial charge in [-0.05, 0) is 32.8 Å². The van der Waals surface area contributed by atoms with Crippen LogP contribution in [0.25, 0.3) is 0 Å². The van der Waals surface area contributed by atoms with E-state index in [0.717, 1.165) is 10.4 Å². The Labute approximate surface area is 151 Å². The fraction of sp³-hybridized carbons (Fsp3) is 0.588. The largest absolute Gasteiger partial charge is 0.462 e. The Morgan fingerprint density at radius 2 is 1.92 bits per heavy atom. The van der Waals surface area contributed by atoms with E-state index < -0.39 is 5.97 Å². The zero-order valence-electron chi connectivity index (χ0n) is 15.2. The van der Waals surface area contributed by atoms with Crippen molar-refractivity contribution in [2.75, 3.05) is 31.6 Å². The first kappa shape index (κ1) is 19.2. The van der Waals surface area contributed by atoms with E-state index in [1.165, 1.54) is 18.3 Å². The highest BCUT2D eigenvalue weighted by molar-refractivity contribution is 7.17. The first-order chi connectivity index (χ1) is 11.9. The number of thiophene rings is 1. The van der Waals surface area contributed by atoms with Crippen molar-refractivity contribution >= 4 is 34.2 Å². The molecule has 1 aliphatic rings. The van der Waals surface area contributed by atoms with Crippen molar-refractivity contribution in [2.24, 2.45) is 0 Å². The van der Waals surface area contributed by atoms with Crippen LogP contribution in [0.5, 0.6) is 0 Å². The van der Waals surface area contributed by atoms with Gasteiger partial charge in [0.2, 0.25) is 5.91 Å². The molecule has 1 N–H and O–H groups in total. The average molecular weight is 367 g/mol. The van der Waals surface area contributed by atoms with E-state index in [1.807, 2.05) is 13.8 Å². The van der Waals surface area contributed by atoms with Crippen LogP contribution in [0.4, 0.5) is 9.80 Å². The Morgan fingerprint density at radius 1 is 1.24 bits per heavy atom. The zero-order chi connectivity index (χ0) is 18.6. The molecule has 8 heteroatoms. The maximum atomic E-state index is 12.4. The second kappa shape index (κ2) is 8.33. The van der Waals surface area contributed by atoms with Crippen LogP contribution in [0.15, 0.2) is 0 Å². The first-order valence-electron chi connectivity index (χ1n) is 8.55. The van der Waals surface area contributed by atoms with Gasteiger partial charge >= 0.3 is 12.0 Å². The highest BCUT2D eigenvalue weighted by atomic mass is 32.1. The predicted molar refractivity (Wildman–Crippen MR) is 97.0 cm³/mol. The van der Waals surface area contributed by atoms with Crippen molar-refractivity contribution in [1.29, 1.82) is 0 Å². The molecule has 0 fully saturated rings. The van der Waals surface area contributed by atoms with Gasteiger partial charge in [-0.1, -0.05) is 0 Å². The Hall–Kier alpha value is -2.09. The van der Waals surface area contributed by atoms with Crippen molar-refractivity contribution in [3.63, 3.8) is 0 Å². The number of nitrogens with one attached hydrogen (secondary N) is 1. The van der Waals surface area contributed by atoms with E-state index in [2.05, 4.69) is 5.32 Å². The molecule has 0 spiro atoms. The van der Waals surface area contributed by atoms with Crippen molar-refractivity contribution in [2.45, 2.75) is 40.7 Å². The van der Waals surface area contributed by atoms with Crippen molar-refractivity contribution in [1.82, 2.24) is 9.80 Å². The zero-order valence-corrected chi connectivity index (χ0v) is 16.0. The summed E-state index contributed by atoms with van der Waals surface area (Å²) in [5, 5.41) is 3.36. The van der Waals surface area contributed by atoms with Crippen LogP contribution in [0, 0.1) is 0 Å². The van der Waals surface area contributed by atoms with Crippen LogP contribution in [0.3, 0.4) is 0 Å². The van der Waals surface area contributed by atoms with Gasteiger partial charge in [0, 0.05) is 31.4 Å². The topological polar surface area (TPSA) is 79.0 Å². The second-order valence-corrected chi connectivity index (χ2v) is 6.83. The number of carbonyl (C=O) groups excluding carboxylic acids is 3. The molecule has 0 aromatic carbocycles. The minimum absolute atomic E-state index is 0.00506. The lowest BCUT2D eigenvalue weighted by Crippen LogP contribution is -2.35. The molecule has 138 valence electrons. The van der Waals surface area contributed by atoms with Crippen molar-refractivity contribution < 1.29 is 19.1 Å². The minimum Gasteiger partial charge on any atom is -0.462 e. The second-order valence-electron chi connectivity index (χ2n) is 5.72. The average Bonchev–Trinajstić information content (AvgIpc) is 2.92. The Balaban J connectivity index is 2.36. The first-order valence-corrected chi connectivity index (χ1v) is 9.37. The number of urea groups is 1. The monoisotopic (exact) mass is 367 g/mol. The Morgan fingerprint density at radius 3 is 2.48 bits per heavy atom. The summed E-state index contributed by atoms with van der Waals surface area (Å²) in [6.45, 7) is 9.56. The lowest BCUT2D eigenvalue weighted by molar-refractivity contribution is -0.129. The molecule has 25 heavy (non-hydrogen) atoms. The van der Waals surface area contributed by atoms with Crippen LogP contribution in [0.2, 0.25) is 0 Å². The maximum absolute atomic E-state index is 12.4. The van der Waals surface area contributed by atoms with Gasteiger partial charge in [0.15, 0.2) is 0 Å². The SMILES string of the molecule is CCOC(=O)c1c(NC(=O)N(CC)CC)sc2c1CCN(C(C)=O)C2. The Bertz CT molecular complexity index is 667. The molecular weight excluding hydrogens is 342 g/mol. The minimum atomic E-state index is -0.425. The molecule has 1 aromatic heterocycles. The molecule has 0 bridgehead atoms. The fourth-order valence-electron chi connectivity index (χ4n) is 2.87. The van der Waals surface area contributed by atoms with Crippen LogP contribution in [-0.2, 0) is 22.5 Å². The molecule has 1 aliphatic heterocycles. The predicted octanol–water partition coefficient (Wildman–Crippen LogP) is 2.70. The molecule has 2 heterocycles. The molecule has 0 saturated carbocycles. The highest BCUT2D eigenvalue weighted by Crippen LogP contribution is 2.37. The lowest BCUT2D eigenvalue weighted by atomic mass is 10.0.